The molecule has 0 spiro atoms. The molecule has 0 bridgehead atoms. The molecule has 2 aliphatic carbocycles. The number of carbonyl (C=O) groups is 8. The number of carbonyl (C=O) groups excluding carboxylic acids is 8. The second kappa shape index (κ2) is 29.4. The normalized spacial score (nSPS) is 20.5. The van der Waals surface area contributed by atoms with Crippen LogP contribution in [0.15, 0.2) is 72.8 Å². The molecule has 422 valence electrons. The Bertz CT molecular complexity index is 2410. The van der Waals surface area contributed by atoms with Crippen LogP contribution in [0.5, 0.6) is 0 Å². The zero-order valence-electron chi connectivity index (χ0n) is 46.3. The molecule has 78 heavy (non-hydrogen) atoms. The number of likely N-dealkylation sites (N-methyl/N-ethyl adjacent to an activating group) is 2. The highest BCUT2D eigenvalue weighted by Crippen LogP contribution is 2.32. The smallest absolute Gasteiger partial charge is 0.251 e. The molecule has 3 aromatic carbocycles. The number of hydrogen-bond donors (Lipinski definition) is 8. The van der Waals surface area contributed by atoms with Crippen LogP contribution in [0.25, 0.3) is 0 Å². The van der Waals surface area contributed by atoms with Crippen molar-refractivity contribution in [3.8, 4) is 0 Å². The number of amides is 8. The summed E-state index contributed by atoms with van der Waals surface area (Å²) in [5.74, 6) is -2.30. The summed E-state index contributed by atoms with van der Waals surface area (Å²) in [6.45, 7) is 4.84. The van der Waals surface area contributed by atoms with Crippen LogP contribution in [0.2, 0.25) is 0 Å². The van der Waals surface area contributed by atoms with E-state index in [9.17, 15) is 38.4 Å². The van der Waals surface area contributed by atoms with Crippen LogP contribution < -0.4 is 42.5 Å². The highest BCUT2D eigenvalue weighted by Gasteiger charge is 2.39. The lowest BCUT2D eigenvalue weighted by Gasteiger charge is -2.38. The van der Waals surface area contributed by atoms with E-state index in [4.69, 9.17) is 0 Å². The number of aryl methyl sites for hydroxylation is 2. The first-order valence-corrected chi connectivity index (χ1v) is 28.8. The average Bonchev–Trinajstić information content (AvgIpc) is 3.48. The van der Waals surface area contributed by atoms with Crippen molar-refractivity contribution in [2.75, 3.05) is 40.3 Å². The van der Waals surface area contributed by atoms with Crippen molar-refractivity contribution in [2.24, 2.45) is 0 Å². The summed E-state index contributed by atoms with van der Waals surface area (Å²) in [4.78, 5) is 113. The molecule has 8 amide bonds. The monoisotopic (exact) mass is 1070 g/mol. The lowest BCUT2D eigenvalue weighted by Crippen LogP contribution is -2.58. The number of nitrogens with zero attached hydrogens (tertiary/aromatic N) is 2. The zero-order valence-corrected chi connectivity index (χ0v) is 46.3. The molecule has 2 aliphatic heterocycles. The molecule has 4 aliphatic rings. The van der Waals surface area contributed by atoms with Crippen LogP contribution >= 0.6 is 0 Å². The minimum absolute atomic E-state index is 0.118. The van der Waals surface area contributed by atoms with E-state index in [1.807, 2.05) is 24.3 Å². The van der Waals surface area contributed by atoms with Crippen LogP contribution in [-0.2, 0) is 41.6 Å². The zero-order chi connectivity index (χ0) is 55.6. The summed E-state index contributed by atoms with van der Waals surface area (Å²) in [6.07, 6.45) is 12.4. The maximum atomic E-state index is 14.3. The fourth-order valence-electron chi connectivity index (χ4n) is 11.4. The van der Waals surface area contributed by atoms with Crippen molar-refractivity contribution < 1.29 is 38.4 Å². The fraction of sp³-hybridized carbons (Fsp3) is 0.567. The van der Waals surface area contributed by atoms with Crippen LogP contribution in [-0.4, -0.2) is 134 Å². The fourth-order valence-corrected chi connectivity index (χ4v) is 11.4. The molecule has 3 aromatic rings. The molecule has 8 N–H and O–H groups in total. The number of piperidine rings is 2. The van der Waals surface area contributed by atoms with E-state index in [-0.39, 0.29) is 72.4 Å². The second-order valence-corrected chi connectivity index (χ2v) is 21.6. The van der Waals surface area contributed by atoms with Gasteiger partial charge in [0.15, 0.2) is 0 Å². The van der Waals surface area contributed by atoms with Gasteiger partial charge >= 0.3 is 0 Å². The first kappa shape index (κ1) is 59.0. The Labute approximate surface area is 460 Å². The van der Waals surface area contributed by atoms with Gasteiger partial charge in [0, 0.05) is 37.3 Å². The Hall–Kier alpha value is -6.66. The Balaban J connectivity index is 0.876. The quantitative estimate of drug-likeness (QED) is 0.0570. The van der Waals surface area contributed by atoms with Crippen LogP contribution in [0, 0.1) is 0 Å². The van der Waals surface area contributed by atoms with Crippen molar-refractivity contribution in [3.63, 3.8) is 0 Å². The number of unbranched alkanes of at least 4 members (excludes halogenated alkanes) is 2. The largest absolute Gasteiger partial charge is 0.352 e. The number of nitrogens with one attached hydrogen (secondary N) is 8. The molecular formula is C60H84N10O8. The maximum absolute atomic E-state index is 14.3. The standard InChI is InChI=1S/C60H84N10O8/c1-39(61-3)53(71)67-49(59(77)69-36-15-11-32-51(69)57(75)65-47-30-18-22-41-20-5-7-26-45(41)47)28-9-13-34-63-55(73)43-24-17-25-44(38-43)56(74)64-35-14-10-29-50(68-54(72)40(2)62-4)60(78)70-37-16-12-33-52(70)58(76)66-48-31-19-23-42-21-6-8-27-46(42)48/h5-8,17,20-21,24-27,38-40,47-52,61-62H,9-16,18-19,22-23,28-37H2,1-4H3,(H,63,73)(H,64,74)(H,65,75)(H,66,76)(H,67,71)(H,68,72). The lowest BCUT2D eigenvalue weighted by atomic mass is 9.87. The van der Waals surface area contributed by atoms with Gasteiger partial charge < -0.3 is 52.3 Å². The van der Waals surface area contributed by atoms with Crippen molar-refractivity contribution in [1.29, 1.82) is 0 Å². The Morgan fingerprint density at radius 3 is 1.36 bits per heavy atom. The van der Waals surface area contributed by atoms with Gasteiger partial charge in [-0.05, 0) is 184 Å². The first-order valence-electron chi connectivity index (χ1n) is 28.8. The second-order valence-electron chi connectivity index (χ2n) is 21.6. The topological polar surface area (TPSA) is 239 Å². The third-order valence-corrected chi connectivity index (χ3v) is 16.2. The van der Waals surface area contributed by atoms with E-state index >= 15 is 0 Å². The van der Waals surface area contributed by atoms with E-state index < -0.39 is 36.3 Å². The number of benzene rings is 3. The van der Waals surface area contributed by atoms with Crippen molar-refractivity contribution in [2.45, 2.75) is 178 Å². The van der Waals surface area contributed by atoms with Crippen molar-refractivity contribution >= 4 is 47.3 Å². The number of likely N-dealkylation sites (tertiary alicyclic amines) is 2. The van der Waals surface area contributed by atoms with Crippen molar-refractivity contribution in [1.82, 2.24) is 52.3 Å². The summed E-state index contributed by atoms with van der Waals surface area (Å²) in [5, 5.41) is 24.1. The minimum atomic E-state index is -0.863. The number of rotatable bonds is 24. The molecule has 8 unspecified atom stereocenters. The van der Waals surface area contributed by atoms with Crippen LogP contribution in [0.4, 0.5) is 0 Å². The van der Waals surface area contributed by atoms with Gasteiger partial charge in [-0.25, -0.2) is 0 Å². The van der Waals surface area contributed by atoms with Gasteiger partial charge in [0.25, 0.3) is 11.8 Å². The molecule has 2 fully saturated rings. The van der Waals surface area contributed by atoms with E-state index in [1.54, 1.807) is 55.9 Å². The highest BCUT2D eigenvalue weighted by molar-refractivity contribution is 6.00. The van der Waals surface area contributed by atoms with Gasteiger partial charge in [0.1, 0.15) is 24.2 Å². The van der Waals surface area contributed by atoms with Gasteiger partial charge in [-0.3, -0.25) is 38.4 Å². The third-order valence-electron chi connectivity index (χ3n) is 16.2. The average molecular weight is 1070 g/mol. The van der Waals surface area contributed by atoms with Crippen molar-refractivity contribution in [3.05, 3.63) is 106 Å². The Kier molecular flexibility index (Phi) is 22.2. The van der Waals surface area contributed by atoms with E-state index in [0.717, 1.165) is 75.3 Å². The van der Waals surface area contributed by atoms with E-state index in [2.05, 4.69) is 66.8 Å². The molecule has 18 heteroatoms. The van der Waals surface area contributed by atoms with E-state index in [0.29, 0.717) is 75.6 Å². The number of fused-ring (bicyclic) bond motifs is 2. The minimum Gasteiger partial charge on any atom is -0.352 e. The van der Waals surface area contributed by atoms with Crippen LogP contribution in [0.3, 0.4) is 0 Å². The van der Waals surface area contributed by atoms with Crippen LogP contribution in [0.1, 0.15) is 172 Å². The molecule has 8 atom stereocenters. The van der Waals surface area contributed by atoms with Gasteiger partial charge in [0.05, 0.1) is 24.2 Å². The molecule has 0 aromatic heterocycles. The summed E-state index contributed by atoms with van der Waals surface area (Å²) in [5.41, 5.74) is 5.32. The first-order chi connectivity index (χ1) is 37.8. The molecule has 18 nitrogen and oxygen atoms in total. The molecule has 2 saturated heterocycles. The van der Waals surface area contributed by atoms with E-state index in [1.165, 1.54) is 17.2 Å². The van der Waals surface area contributed by atoms with Gasteiger partial charge in [-0.2, -0.15) is 0 Å². The Morgan fingerprint density at radius 2 is 0.936 bits per heavy atom. The summed E-state index contributed by atoms with van der Waals surface area (Å²) in [6, 6.07) is 18.4. The molecule has 2 heterocycles. The van der Waals surface area contributed by atoms with Gasteiger partial charge in [-0.1, -0.05) is 54.6 Å². The molecule has 0 radical (unpaired) electrons. The molecular weight excluding hydrogens is 989 g/mol. The molecule has 0 saturated carbocycles. The summed E-state index contributed by atoms with van der Waals surface area (Å²) in [7, 11) is 3.35. The highest BCUT2D eigenvalue weighted by atomic mass is 16.2. The summed E-state index contributed by atoms with van der Waals surface area (Å²) < 4.78 is 0. The third kappa shape index (κ3) is 15.8. The SMILES string of the molecule is CNC(C)C(=O)NC(CCCCNC(=O)c1cccc(C(=O)NCCCCC(NC(=O)C(C)NC)C(=O)N2CCCCC2C(=O)NC2CCCc3ccccc32)c1)C(=O)N1CCCCC1C(=O)NC1CCCc2ccccc21. The number of hydrogen-bond acceptors (Lipinski definition) is 10. The molecule has 7 rings (SSSR count). The lowest BCUT2D eigenvalue weighted by molar-refractivity contribution is -0.145. The maximum Gasteiger partial charge on any atom is 0.251 e. The van der Waals surface area contributed by atoms with Gasteiger partial charge in [-0.15, -0.1) is 0 Å². The van der Waals surface area contributed by atoms with Gasteiger partial charge in [0.2, 0.25) is 35.4 Å². The predicted molar refractivity (Wildman–Crippen MR) is 299 cm³/mol. The Morgan fingerprint density at radius 1 is 0.513 bits per heavy atom. The predicted octanol–water partition coefficient (Wildman–Crippen LogP) is 4.82. The summed E-state index contributed by atoms with van der Waals surface area (Å²) >= 11 is 0.